The van der Waals surface area contributed by atoms with Crippen molar-refractivity contribution in [1.29, 1.82) is 0 Å². The second kappa shape index (κ2) is 5.09. The minimum absolute atomic E-state index is 0.121. The van der Waals surface area contributed by atoms with Crippen LogP contribution < -0.4 is 5.32 Å². The Bertz CT molecular complexity index is 578. The van der Waals surface area contributed by atoms with Gasteiger partial charge in [-0.1, -0.05) is 19.8 Å². The zero-order valence-corrected chi connectivity index (χ0v) is 13.5. The molecular formula is C15H21N3O2S. The Balaban J connectivity index is 1.90. The summed E-state index contributed by atoms with van der Waals surface area (Å²) in [6.07, 6.45) is 3.65. The lowest BCUT2D eigenvalue weighted by Gasteiger charge is -2.40. The molecule has 3 amide bonds. The van der Waals surface area contributed by atoms with Crippen LogP contribution in [0.15, 0.2) is 0 Å². The smallest absolute Gasteiger partial charge is 0.303 e. The Morgan fingerprint density at radius 3 is 2.81 bits per heavy atom. The monoisotopic (exact) mass is 307 g/mol. The first-order valence-corrected chi connectivity index (χ1v) is 8.30. The number of hydrogen-bond donors (Lipinski definition) is 1. The largest absolute Gasteiger partial charge is 0.325 e. The van der Waals surface area contributed by atoms with Crippen LogP contribution in [-0.4, -0.2) is 27.4 Å². The average Bonchev–Trinajstić information content (AvgIpc) is 2.83. The van der Waals surface area contributed by atoms with Gasteiger partial charge in [0.1, 0.15) is 10.5 Å². The van der Waals surface area contributed by atoms with E-state index in [0.717, 1.165) is 36.4 Å². The third-order valence-corrected chi connectivity index (χ3v) is 5.80. The molecule has 2 fully saturated rings. The highest BCUT2D eigenvalue weighted by Gasteiger charge is 2.54. The molecule has 0 bridgehead atoms. The van der Waals surface area contributed by atoms with Gasteiger partial charge in [-0.3, -0.25) is 10.1 Å². The van der Waals surface area contributed by atoms with Crippen LogP contribution in [0, 0.1) is 19.8 Å². The lowest BCUT2D eigenvalue weighted by molar-refractivity contribution is -0.129. The fourth-order valence-electron chi connectivity index (χ4n) is 3.54. The molecule has 21 heavy (non-hydrogen) atoms. The minimum Gasteiger partial charge on any atom is -0.303 e. The predicted molar refractivity (Wildman–Crippen MR) is 81.0 cm³/mol. The lowest BCUT2D eigenvalue weighted by Crippen LogP contribution is -2.52. The highest BCUT2D eigenvalue weighted by atomic mass is 32.1. The summed E-state index contributed by atoms with van der Waals surface area (Å²) in [5.74, 6) is 0.349. The zero-order chi connectivity index (χ0) is 15.2. The van der Waals surface area contributed by atoms with Crippen molar-refractivity contribution in [2.24, 2.45) is 5.92 Å². The number of carbonyl (C=O) groups excluding carboxylic acids is 2. The van der Waals surface area contributed by atoms with Crippen LogP contribution in [0.5, 0.6) is 0 Å². The maximum Gasteiger partial charge on any atom is 0.325 e. The second-order valence-corrected chi connectivity index (χ2v) is 7.62. The van der Waals surface area contributed by atoms with Crippen molar-refractivity contribution in [3.63, 3.8) is 0 Å². The number of urea groups is 1. The molecule has 1 aromatic heterocycles. The number of amides is 3. The number of aryl methyl sites for hydroxylation is 2. The first-order chi connectivity index (χ1) is 9.92. The van der Waals surface area contributed by atoms with Gasteiger partial charge in [0.05, 0.1) is 12.2 Å². The molecule has 1 spiro atoms. The number of thiazole rings is 1. The van der Waals surface area contributed by atoms with Gasteiger partial charge < -0.3 is 4.90 Å². The van der Waals surface area contributed by atoms with Crippen molar-refractivity contribution >= 4 is 23.3 Å². The topological polar surface area (TPSA) is 62.3 Å². The predicted octanol–water partition coefficient (Wildman–Crippen LogP) is 2.76. The molecule has 2 heterocycles. The number of nitrogens with zero attached hydrogens (tertiary/aromatic N) is 2. The molecule has 3 rings (SSSR count). The molecule has 1 aromatic rings. The molecular weight excluding hydrogens is 286 g/mol. The van der Waals surface area contributed by atoms with Crippen molar-refractivity contribution in [1.82, 2.24) is 15.2 Å². The molecule has 6 heteroatoms. The summed E-state index contributed by atoms with van der Waals surface area (Å²) < 4.78 is 0. The quantitative estimate of drug-likeness (QED) is 0.855. The first kappa shape index (κ1) is 14.5. The summed E-state index contributed by atoms with van der Waals surface area (Å²) in [7, 11) is 0. The number of rotatable bonds is 2. The number of aromatic nitrogens is 1. The van der Waals surface area contributed by atoms with Crippen LogP contribution in [0.4, 0.5) is 4.79 Å². The maximum absolute atomic E-state index is 12.4. The van der Waals surface area contributed by atoms with Gasteiger partial charge in [0.2, 0.25) is 0 Å². The lowest BCUT2D eigenvalue weighted by atomic mass is 9.75. The van der Waals surface area contributed by atoms with Gasteiger partial charge in [-0.15, -0.1) is 11.3 Å². The molecule has 2 unspecified atom stereocenters. The third-order valence-electron chi connectivity index (χ3n) is 4.74. The van der Waals surface area contributed by atoms with Crippen molar-refractivity contribution in [2.45, 2.75) is 58.5 Å². The molecule has 1 N–H and O–H groups in total. The fourth-order valence-corrected chi connectivity index (χ4v) is 4.46. The van der Waals surface area contributed by atoms with E-state index in [1.54, 1.807) is 16.2 Å². The van der Waals surface area contributed by atoms with Gasteiger partial charge in [0.15, 0.2) is 0 Å². The minimum atomic E-state index is -0.651. The Hall–Kier alpha value is -1.43. The molecule has 1 aliphatic heterocycles. The van der Waals surface area contributed by atoms with E-state index in [-0.39, 0.29) is 11.9 Å². The molecule has 0 aromatic carbocycles. The Kier molecular flexibility index (Phi) is 3.51. The van der Waals surface area contributed by atoms with Crippen LogP contribution in [0.3, 0.4) is 0 Å². The summed E-state index contributed by atoms with van der Waals surface area (Å²) >= 11 is 1.61. The summed E-state index contributed by atoms with van der Waals surface area (Å²) in [4.78, 5) is 32.0. The number of imide groups is 1. The molecule has 0 radical (unpaired) electrons. The first-order valence-electron chi connectivity index (χ1n) is 7.48. The van der Waals surface area contributed by atoms with E-state index in [1.165, 1.54) is 4.88 Å². The van der Waals surface area contributed by atoms with Crippen LogP contribution in [0.2, 0.25) is 0 Å². The van der Waals surface area contributed by atoms with E-state index in [0.29, 0.717) is 12.5 Å². The van der Waals surface area contributed by atoms with Crippen molar-refractivity contribution in [3.05, 3.63) is 15.6 Å². The van der Waals surface area contributed by atoms with Gasteiger partial charge in [0.25, 0.3) is 5.91 Å². The van der Waals surface area contributed by atoms with Gasteiger partial charge in [-0.25, -0.2) is 9.78 Å². The summed E-state index contributed by atoms with van der Waals surface area (Å²) in [5, 5.41) is 3.42. The van der Waals surface area contributed by atoms with Crippen molar-refractivity contribution in [2.75, 3.05) is 0 Å². The van der Waals surface area contributed by atoms with Crippen molar-refractivity contribution in [3.8, 4) is 0 Å². The molecule has 1 aliphatic carbocycles. The van der Waals surface area contributed by atoms with Crippen LogP contribution in [0.1, 0.15) is 48.2 Å². The highest BCUT2D eigenvalue weighted by Crippen LogP contribution is 2.40. The van der Waals surface area contributed by atoms with E-state index in [9.17, 15) is 9.59 Å². The Morgan fingerprint density at radius 1 is 1.43 bits per heavy atom. The molecule has 114 valence electrons. The number of hydrogen-bond acceptors (Lipinski definition) is 4. The van der Waals surface area contributed by atoms with Crippen LogP contribution >= 0.6 is 11.3 Å². The van der Waals surface area contributed by atoms with E-state index < -0.39 is 5.54 Å². The molecule has 5 nitrogen and oxygen atoms in total. The Labute approximate surface area is 128 Å². The fraction of sp³-hybridized carbons (Fsp3) is 0.667. The summed E-state index contributed by atoms with van der Waals surface area (Å²) in [5.41, 5.74) is 0.356. The molecule has 1 saturated heterocycles. The van der Waals surface area contributed by atoms with Gasteiger partial charge in [-0.2, -0.15) is 0 Å². The molecule has 1 saturated carbocycles. The molecule has 2 atom stereocenters. The van der Waals surface area contributed by atoms with E-state index >= 15 is 0 Å². The standard InChI is InChI=1S/C15H21N3O2S/c1-9-5-4-6-15(7-9)13(19)17-14(20)18(15)8-12-16-10(2)11(3)21-12/h9H,4-8H2,1-3H3,(H,17,19,20). The normalized spacial score (nSPS) is 29.3. The third kappa shape index (κ3) is 2.35. The zero-order valence-electron chi connectivity index (χ0n) is 12.7. The molecule has 2 aliphatic rings. The summed E-state index contributed by atoms with van der Waals surface area (Å²) in [6, 6.07) is -0.264. The second-order valence-electron chi connectivity index (χ2n) is 6.33. The van der Waals surface area contributed by atoms with Crippen molar-refractivity contribution < 1.29 is 9.59 Å². The van der Waals surface area contributed by atoms with Gasteiger partial charge in [0, 0.05) is 4.88 Å². The van der Waals surface area contributed by atoms with E-state index in [2.05, 4.69) is 17.2 Å². The van der Waals surface area contributed by atoms with E-state index in [1.807, 2.05) is 13.8 Å². The maximum atomic E-state index is 12.4. The average molecular weight is 307 g/mol. The Morgan fingerprint density at radius 2 is 2.19 bits per heavy atom. The van der Waals surface area contributed by atoms with Crippen LogP contribution in [0.25, 0.3) is 0 Å². The van der Waals surface area contributed by atoms with Gasteiger partial charge >= 0.3 is 6.03 Å². The summed E-state index contributed by atoms with van der Waals surface area (Å²) in [6.45, 7) is 6.60. The number of carbonyl (C=O) groups is 2. The van der Waals surface area contributed by atoms with Gasteiger partial charge in [-0.05, 0) is 32.6 Å². The highest BCUT2D eigenvalue weighted by molar-refractivity contribution is 7.11. The van der Waals surface area contributed by atoms with E-state index in [4.69, 9.17) is 0 Å². The number of nitrogens with one attached hydrogen (secondary N) is 1. The van der Waals surface area contributed by atoms with Crippen LogP contribution in [-0.2, 0) is 11.3 Å². The SMILES string of the molecule is Cc1nc(CN2C(=O)NC(=O)C23CCCC(C)C3)sc1C.